The van der Waals surface area contributed by atoms with Gasteiger partial charge in [0.1, 0.15) is 5.82 Å². The number of pyridine rings is 1. The van der Waals surface area contributed by atoms with E-state index in [4.69, 9.17) is 9.73 Å². The van der Waals surface area contributed by atoms with Gasteiger partial charge in [-0.2, -0.15) is 0 Å². The second kappa shape index (κ2) is 8.91. The van der Waals surface area contributed by atoms with Crippen molar-refractivity contribution in [3.8, 4) is 0 Å². The second-order valence-electron chi connectivity index (χ2n) is 7.89. The Morgan fingerprint density at radius 3 is 2.74 bits per heavy atom. The van der Waals surface area contributed by atoms with Crippen molar-refractivity contribution in [2.75, 3.05) is 32.1 Å². The molecule has 6 nitrogen and oxygen atoms in total. The summed E-state index contributed by atoms with van der Waals surface area (Å²) in [5.74, 6) is 1.85. The van der Waals surface area contributed by atoms with Crippen LogP contribution in [0.5, 0.6) is 0 Å². The lowest BCUT2D eigenvalue weighted by atomic mass is 9.60. The molecule has 2 unspecified atom stereocenters. The normalized spacial score (nSPS) is 23.9. The van der Waals surface area contributed by atoms with Gasteiger partial charge in [0, 0.05) is 38.7 Å². The third-order valence-electron chi connectivity index (χ3n) is 5.99. The van der Waals surface area contributed by atoms with E-state index in [1.54, 1.807) is 0 Å². The van der Waals surface area contributed by atoms with Gasteiger partial charge in [-0.05, 0) is 45.2 Å². The lowest BCUT2D eigenvalue weighted by Crippen LogP contribution is -2.65. The van der Waals surface area contributed by atoms with E-state index in [0.29, 0.717) is 24.1 Å². The monoisotopic (exact) mass is 373 g/mol. The standard InChI is InChI=1S/C21H35N5O/c1-5-22-20(23-15-16-10-9-11-19(24-16)26(3)4)25-17-14-18(27-6-2)21(17)12-7-8-13-21/h9-11,17-18H,5-8,12-15H2,1-4H3,(H2,22,23,25). The number of nitrogens with one attached hydrogen (secondary N) is 2. The van der Waals surface area contributed by atoms with Gasteiger partial charge in [-0.1, -0.05) is 18.9 Å². The SMILES string of the molecule is CCNC(=NCc1cccc(N(C)C)n1)NC1CC(OCC)C12CCCC2. The van der Waals surface area contributed by atoms with Crippen LogP contribution in [-0.2, 0) is 11.3 Å². The van der Waals surface area contributed by atoms with Gasteiger partial charge in [-0.25, -0.2) is 9.98 Å². The van der Waals surface area contributed by atoms with Crippen LogP contribution in [0.25, 0.3) is 0 Å². The van der Waals surface area contributed by atoms with E-state index in [9.17, 15) is 0 Å². The van der Waals surface area contributed by atoms with Crippen LogP contribution in [0.3, 0.4) is 0 Å². The quantitative estimate of drug-likeness (QED) is 0.568. The molecule has 2 saturated carbocycles. The highest BCUT2D eigenvalue weighted by Crippen LogP contribution is 2.54. The molecule has 27 heavy (non-hydrogen) atoms. The Kier molecular flexibility index (Phi) is 6.58. The molecule has 0 aliphatic heterocycles. The average molecular weight is 374 g/mol. The third kappa shape index (κ3) is 4.37. The number of rotatable bonds is 7. The van der Waals surface area contributed by atoms with Crippen LogP contribution in [0.4, 0.5) is 5.82 Å². The largest absolute Gasteiger partial charge is 0.378 e. The number of aromatic nitrogens is 1. The molecule has 1 spiro atoms. The molecule has 1 aromatic heterocycles. The van der Waals surface area contributed by atoms with E-state index in [0.717, 1.165) is 37.0 Å². The number of nitrogens with zero attached hydrogens (tertiary/aromatic N) is 3. The molecule has 2 N–H and O–H groups in total. The van der Waals surface area contributed by atoms with E-state index in [1.165, 1.54) is 25.7 Å². The van der Waals surface area contributed by atoms with Gasteiger partial charge in [-0.15, -0.1) is 0 Å². The van der Waals surface area contributed by atoms with Crippen LogP contribution in [0, 0.1) is 5.41 Å². The van der Waals surface area contributed by atoms with Crippen LogP contribution in [0.2, 0.25) is 0 Å². The summed E-state index contributed by atoms with van der Waals surface area (Å²) in [7, 11) is 4.01. The molecule has 0 amide bonds. The topological polar surface area (TPSA) is 61.8 Å². The minimum Gasteiger partial charge on any atom is -0.378 e. The van der Waals surface area contributed by atoms with Gasteiger partial charge in [-0.3, -0.25) is 0 Å². The number of aliphatic imine (C=N–C) groups is 1. The molecule has 1 heterocycles. The highest BCUT2D eigenvalue weighted by atomic mass is 16.5. The Balaban J connectivity index is 1.67. The highest BCUT2D eigenvalue weighted by Gasteiger charge is 2.56. The number of ether oxygens (including phenoxy) is 1. The van der Waals surface area contributed by atoms with Crippen LogP contribution in [0.1, 0.15) is 51.6 Å². The summed E-state index contributed by atoms with van der Waals surface area (Å²) >= 11 is 0. The number of anilines is 1. The summed E-state index contributed by atoms with van der Waals surface area (Å²) in [6, 6.07) is 6.55. The smallest absolute Gasteiger partial charge is 0.191 e. The summed E-state index contributed by atoms with van der Waals surface area (Å²) in [6.07, 6.45) is 6.64. The van der Waals surface area contributed by atoms with Crippen LogP contribution < -0.4 is 15.5 Å². The van der Waals surface area contributed by atoms with Gasteiger partial charge in [0.15, 0.2) is 5.96 Å². The van der Waals surface area contributed by atoms with Crippen molar-refractivity contribution in [1.82, 2.24) is 15.6 Å². The maximum Gasteiger partial charge on any atom is 0.191 e. The van der Waals surface area contributed by atoms with Crippen LogP contribution >= 0.6 is 0 Å². The van der Waals surface area contributed by atoms with Gasteiger partial charge in [0.05, 0.1) is 18.3 Å². The molecule has 1 aromatic rings. The molecule has 0 aromatic carbocycles. The summed E-state index contributed by atoms with van der Waals surface area (Å²) < 4.78 is 6.04. The second-order valence-corrected chi connectivity index (χ2v) is 7.89. The molecular weight excluding hydrogens is 338 g/mol. The lowest BCUT2D eigenvalue weighted by Gasteiger charge is -2.54. The first-order valence-electron chi connectivity index (χ1n) is 10.4. The maximum absolute atomic E-state index is 6.04. The Hall–Kier alpha value is -1.82. The molecule has 6 heteroatoms. The fourth-order valence-electron chi connectivity index (χ4n) is 4.54. The van der Waals surface area contributed by atoms with Crippen molar-refractivity contribution in [2.45, 2.75) is 64.6 Å². The first kappa shape index (κ1) is 19.9. The molecule has 0 bridgehead atoms. The van der Waals surface area contributed by atoms with Crippen molar-refractivity contribution >= 4 is 11.8 Å². The minimum absolute atomic E-state index is 0.301. The Morgan fingerprint density at radius 1 is 1.30 bits per heavy atom. The lowest BCUT2D eigenvalue weighted by molar-refractivity contribution is -0.125. The van der Waals surface area contributed by atoms with Gasteiger partial charge in [0.25, 0.3) is 0 Å². The van der Waals surface area contributed by atoms with Crippen molar-refractivity contribution in [3.05, 3.63) is 23.9 Å². The minimum atomic E-state index is 0.301. The van der Waals surface area contributed by atoms with E-state index >= 15 is 0 Å². The van der Waals surface area contributed by atoms with E-state index in [2.05, 4.69) is 29.5 Å². The Morgan fingerprint density at radius 2 is 2.07 bits per heavy atom. The molecule has 150 valence electrons. The molecule has 2 aliphatic carbocycles. The fourth-order valence-corrected chi connectivity index (χ4v) is 4.54. The van der Waals surface area contributed by atoms with E-state index in [-0.39, 0.29) is 0 Å². The zero-order valence-corrected chi connectivity index (χ0v) is 17.3. The zero-order valence-electron chi connectivity index (χ0n) is 17.3. The van der Waals surface area contributed by atoms with E-state index in [1.807, 2.05) is 37.2 Å². The van der Waals surface area contributed by atoms with E-state index < -0.39 is 0 Å². The molecule has 0 saturated heterocycles. The summed E-state index contributed by atoms with van der Waals surface area (Å²) in [4.78, 5) is 11.5. The van der Waals surface area contributed by atoms with Crippen molar-refractivity contribution in [2.24, 2.45) is 10.4 Å². The third-order valence-corrected chi connectivity index (χ3v) is 5.99. The Bertz CT molecular complexity index is 639. The van der Waals surface area contributed by atoms with Gasteiger partial charge < -0.3 is 20.3 Å². The molecule has 2 atom stereocenters. The first-order valence-corrected chi connectivity index (χ1v) is 10.4. The zero-order chi connectivity index (χ0) is 19.3. The summed E-state index contributed by atoms with van der Waals surface area (Å²) in [6.45, 7) is 6.44. The van der Waals surface area contributed by atoms with Gasteiger partial charge in [0.2, 0.25) is 0 Å². The van der Waals surface area contributed by atoms with Crippen LogP contribution in [-0.4, -0.2) is 50.3 Å². The molecule has 2 aliphatic rings. The van der Waals surface area contributed by atoms with Crippen molar-refractivity contribution in [3.63, 3.8) is 0 Å². The van der Waals surface area contributed by atoms with Gasteiger partial charge >= 0.3 is 0 Å². The highest BCUT2D eigenvalue weighted by molar-refractivity contribution is 5.80. The number of hydrogen-bond acceptors (Lipinski definition) is 4. The van der Waals surface area contributed by atoms with Crippen molar-refractivity contribution in [1.29, 1.82) is 0 Å². The van der Waals surface area contributed by atoms with Crippen molar-refractivity contribution < 1.29 is 4.74 Å². The average Bonchev–Trinajstić information content (AvgIpc) is 3.18. The fraction of sp³-hybridized carbons (Fsp3) is 0.714. The molecule has 3 rings (SSSR count). The van der Waals surface area contributed by atoms with Crippen LogP contribution in [0.15, 0.2) is 23.2 Å². The molecule has 0 radical (unpaired) electrons. The summed E-state index contributed by atoms with van der Waals surface area (Å²) in [5.41, 5.74) is 1.28. The predicted octanol–water partition coefficient (Wildman–Crippen LogP) is 2.94. The first-order chi connectivity index (χ1) is 13.1. The number of hydrogen-bond donors (Lipinski definition) is 2. The maximum atomic E-state index is 6.04. The number of guanidine groups is 1. The molecule has 2 fully saturated rings. The Labute approximate surface area is 163 Å². The predicted molar refractivity (Wildman–Crippen MR) is 111 cm³/mol. The molecular formula is C21H35N5O. The summed E-state index contributed by atoms with van der Waals surface area (Å²) in [5, 5.41) is 7.11.